The first-order valence-corrected chi connectivity index (χ1v) is 10.9. The summed E-state index contributed by atoms with van der Waals surface area (Å²) in [6, 6.07) is 11.6. The lowest BCUT2D eigenvalue weighted by atomic mass is 10.2. The van der Waals surface area contributed by atoms with Crippen molar-refractivity contribution in [2.45, 2.75) is 18.2 Å². The molecular weight excluding hydrogens is 406 g/mol. The lowest BCUT2D eigenvalue weighted by Crippen LogP contribution is -2.39. The van der Waals surface area contributed by atoms with Gasteiger partial charge in [-0.25, -0.2) is 8.42 Å². The third kappa shape index (κ3) is 3.93. The maximum absolute atomic E-state index is 12.8. The first kappa shape index (κ1) is 21.5. The molecule has 0 aliphatic heterocycles. The highest BCUT2D eigenvalue weighted by atomic mass is 32.2. The average Bonchev–Trinajstić information content (AvgIpc) is 2.74. The molecule has 3 rings (SSSR count). The molecule has 8 nitrogen and oxygen atoms in total. The second-order valence-corrected chi connectivity index (χ2v) is 9.35. The molecule has 1 amide bonds. The summed E-state index contributed by atoms with van der Waals surface area (Å²) in [7, 11) is 0.708. The zero-order chi connectivity index (χ0) is 22.2. The highest BCUT2D eigenvalue weighted by Crippen LogP contribution is 2.20. The van der Waals surface area contributed by atoms with E-state index in [1.165, 1.54) is 41.8 Å². The number of nitrogens with zero attached hydrogens (tertiary/aromatic N) is 3. The maximum Gasteiger partial charge on any atom is 0.316 e. The highest BCUT2D eigenvalue weighted by molar-refractivity contribution is 7.91. The quantitative estimate of drug-likeness (QED) is 0.571. The highest BCUT2D eigenvalue weighted by Gasteiger charge is 2.20. The number of anilines is 1. The summed E-state index contributed by atoms with van der Waals surface area (Å²) in [5, 5.41) is 0. The van der Waals surface area contributed by atoms with Gasteiger partial charge in [-0.05, 0) is 37.3 Å². The van der Waals surface area contributed by atoms with Crippen LogP contribution in [0.1, 0.15) is 12.0 Å². The number of aromatic nitrogens is 2. The van der Waals surface area contributed by atoms with Crippen molar-refractivity contribution in [3.8, 4) is 0 Å². The van der Waals surface area contributed by atoms with Crippen LogP contribution in [0, 0.1) is 6.92 Å². The zero-order valence-electron chi connectivity index (χ0n) is 17.2. The number of hydrogen-bond donors (Lipinski definition) is 0. The molecule has 0 aliphatic carbocycles. The minimum atomic E-state index is -3.77. The van der Waals surface area contributed by atoms with Gasteiger partial charge in [-0.15, -0.1) is 0 Å². The fourth-order valence-corrected chi connectivity index (χ4v) is 4.42. The fourth-order valence-electron chi connectivity index (χ4n) is 3.17. The van der Waals surface area contributed by atoms with Crippen LogP contribution in [0.5, 0.6) is 0 Å². The molecule has 0 unspecified atom stereocenters. The van der Waals surface area contributed by atoms with Crippen molar-refractivity contribution in [1.29, 1.82) is 0 Å². The van der Waals surface area contributed by atoms with Gasteiger partial charge in [0.2, 0.25) is 5.91 Å². The van der Waals surface area contributed by atoms with Gasteiger partial charge < -0.3 is 14.0 Å². The van der Waals surface area contributed by atoms with E-state index in [9.17, 15) is 22.8 Å². The van der Waals surface area contributed by atoms with Gasteiger partial charge >= 0.3 is 11.1 Å². The van der Waals surface area contributed by atoms with Gasteiger partial charge in [-0.2, -0.15) is 0 Å². The molecule has 2 aromatic carbocycles. The van der Waals surface area contributed by atoms with Gasteiger partial charge in [-0.3, -0.25) is 14.4 Å². The zero-order valence-corrected chi connectivity index (χ0v) is 18.1. The Morgan fingerprint density at radius 2 is 1.50 bits per heavy atom. The van der Waals surface area contributed by atoms with Crippen LogP contribution in [0.3, 0.4) is 0 Å². The predicted molar refractivity (Wildman–Crippen MR) is 116 cm³/mol. The predicted octanol–water partition coefficient (Wildman–Crippen LogP) is 1.37. The number of hydrogen-bond acceptors (Lipinski definition) is 5. The van der Waals surface area contributed by atoms with Gasteiger partial charge in [0.05, 0.1) is 21.7 Å². The van der Waals surface area contributed by atoms with E-state index in [4.69, 9.17) is 0 Å². The van der Waals surface area contributed by atoms with Gasteiger partial charge in [-0.1, -0.05) is 17.7 Å². The summed E-state index contributed by atoms with van der Waals surface area (Å²) in [5.74, 6) is -0.689. The van der Waals surface area contributed by atoms with E-state index < -0.39 is 21.0 Å². The van der Waals surface area contributed by atoms with Crippen molar-refractivity contribution in [3.05, 3.63) is 68.7 Å². The number of aryl methyl sites for hydroxylation is 3. The largest absolute Gasteiger partial charge is 0.316 e. The van der Waals surface area contributed by atoms with Crippen molar-refractivity contribution in [2.24, 2.45) is 14.1 Å². The molecule has 0 N–H and O–H groups in total. The van der Waals surface area contributed by atoms with Crippen LogP contribution in [0.2, 0.25) is 0 Å². The molecule has 0 saturated heterocycles. The minimum absolute atomic E-state index is 0.00515. The molecule has 1 aromatic heterocycles. The Morgan fingerprint density at radius 3 is 2.10 bits per heavy atom. The molecule has 0 spiro atoms. The lowest BCUT2D eigenvalue weighted by Gasteiger charge is -2.17. The maximum atomic E-state index is 12.8. The van der Waals surface area contributed by atoms with Crippen LogP contribution >= 0.6 is 0 Å². The van der Waals surface area contributed by atoms with Crippen molar-refractivity contribution in [2.75, 3.05) is 17.7 Å². The van der Waals surface area contributed by atoms with Crippen molar-refractivity contribution in [1.82, 2.24) is 9.13 Å². The Hall–Kier alpha value is -3.20. The molecular formula is C21H23N3O5S. The van der Waals surface area contributed by atoms with E-state index in [1.54, 1.807) is 19.2 Å². The third-order valence-electron chi connectivity index (χ3n) is 5.20. The molecule has 0 bridgehead atoms. The molecule has 0 radical (unpaired) electrons. The molecule has 3 aromatic rings. The summed E-state index contributed by atoms with van der Waals surface area (Å²) in [5.41, 5.74) is 1.08. The second-order valence-electron chi connectivity index (χ2n) is 7.24. The summed E-state index contributed by atoms with van der Waals surface area (Å²) in [6.07, 6.45) is -0.184. The van der Waals surface area contributed by atoms with Gasteiger partial charge in [0.1, 0.15) is 0 Å². The Balaban J connectivity index is 1.86. The standard InChI is InChI=1S/C21H23N3O5S/c1-14-5-7-15(8-6-14)22(2)19(25)11-12-30(28,29)16-9-10-17-18(13-16)24(4)21(27)20(26)23(17)3/h5-10,13H,11-12H2,1-4H3. The topological polar surface area (TPSA) is 98.5 Å². The van der Waals surface area contributed by atoms with E-state index in [-0.39, 0.29) is 23.0 Å². The third-order valence-corrected chi connectivity index (χ3v) is 6.91. The van der Waals surface area contributed by atoms with Crippen molar-refractivity contribution in [3.63, 3.8) is 0 Å². The molecule has 0 saturated carbocycles. The van der Waals surface area contributed by atoms with E-state index in [2.05, 4.69) is 0 Å². The number of rotatable bonds is 5. The Kier molecular flexibility index (Phi) is 5.67. The second kappa shape index (κ2) is 7.91. The molecule has 0 fully saturated rings. The summed E-state index contributed by atoms with van der Waals surface area (Å²) < 4.78 is 27.9. The van der Waals surface area contributed by atoms with Crippen LogP contribution < -0.4 is 16.0 Å². The molecule has 9 heteroatoms. The number of fused-ring (bicyclic) bond motifs is 1. The van der Waals surface area contributed by atoms with E-state index in [0.29, 0.717) is 16.7 Å². The van der Waals surface area contributed by atoms with E-state index >= 15 is 0 Å². The first-order valence-electron chi connectivity index (χ1n) is 9.28. The first-order chi connectivity index (χ1) is 14.0. The Bertz CT molecular complexity index is 1350. The number of benzene rings is 2. The smallest absolute Gasteiger partial charge is 0.315 e. The normalized spacial score (nSPS) is 11.6. The SMILES string of the molecule is Cc1ccc(N(C)C(=O)CCS(=O)(=O)c2ccc3c(c2)n(C)c(=O)c(=O)n3C)cc1. The summed E-state index contributed by atoms with van der Waals surface area (Å²) in [6.45, 7) is 1.94. The fraction of sp³-hybridized carbons (Fsp3) is 0.286. The lowest BCUT2D eigenvalue weighted by molar-refractivity contribution is -0.117. The Morgan fingerprint density at radius 1 is 0.933 bits per heavy atom. The average molecular weight is 429 g/mol. The van der Waals surface area contributed by atoms with Crippen LogP contribution in [0.4, 0.5) is 5.69 Å². The number of carbonyl (C=O) groups is 1. The van der Waals surface area contributed by atoms with Crippen LogP contribution in [0.15, 0.2) is 56.9 Å². The number of carbonyl (C=O) groups excluding carboxylic acids is 1. The molecule has 0 atom stereocenters. The van der Waals surface area contributed by atoms with Gasteiger partial charge in [0.25, 0.3) is 0 Å². The summed E-state index contributed by atoms with van der Waals surface area (Å²) in [4.78, 5) is 37.9. The Labute approximate surface area is 173 Å². The van der Waals surface area contributed by atoms with E-state index in [0.717, 1.165) is 10.1 Å². The molecule has 0 aliphatic rings. The van der Waals surface area contributed by atoms with E-state index in [1.807, 2.05) is 19.1 Å². The van der Waals surface area contributed by atoms with Crippen LogP contribution in [-0.2, 0) is 28.7 Å². The van der Waals surface area contributed by atoms with Gasteiger partial charge in [0, 0.05) is 33.3 Å². The van der Waals surface area contributed by atoms with Crippen molar-refractivity contribution >= 4 is 32.5 Å². The summed E-state index contributed by atoms with van der Waals surface area (Å²) >= 11 is 0. The monoisotopic (exact) mass is 429 g/mol. The number of sulfone groups is 1. The number of amides is 1. The minimum Gasteiger partial charge on any atom is -0.315 e. The van der Waals surface area contributed by atoms with Crippen LogP contribution in [0.25, 0.3) is 11.0 Å². The molecule has 1 heterocycles. The van der Waals surface area contributed by atoms with Crippen LogP contribution in [-0.4, -0.2) is 36.3 Å². The molecule has 30 heavy (non-hydrogen) atoms. The van der Waals surface area contributed by atoms with Crippen molar-refractivity contribution < 1.29 is 13.2 Å². The van der Waals surface area contributed by atoms with Gasteiger partial charge in [0.15, 0.2) is 9.84 Å². The molecule has 158 valence electrons.